The Balaban J connectivity index is 0.00000180. The summed E-state index contributed by atoms with van der Waals surface area (Å²) in [6, 6.07) is 0. The number of hydrogen-bond donors (Lipinski definition) is 1. The zero-order valence-corrected chi connectivity index (χ0v) is 16.3. The van der Waals surface area contributed by atoms with Crippen molar-refractivity contribution >= 4 is 30.1 Å². The molecule has 5 rings (SSSR count). The standard InChI is InChI=1S/C19H27N3O4.ClH/c23-14(21-9-5-19(6-10-21)4-7-20-11-19)3-8-22-17(24)15-12-1-2-13(26-12)16(15)18(22)25;/h12-13,15-16,20H,1-11H2;1H. The van der Waals surface area contributed by atoms with Crippen molar-refractivity contribution in [2.24, 2.45) is 17.3 Å². The molecule has 4 unspecified atom stereocenters. The average molecular weight is 398 g/mol. The monoisotopic (exact) mass is 397 g/mol. The Kier molecular flexibility index (Phi) is 4.97. The van der Waals surface area contributed by atoms with Crippen LogP contribution < -0.4 is 5.32 Å². The minimum atomic E-state index is -0.291. The summed E-state index contributed by atoms with van der Waals surface area (Å²) in [5, 5.41) is 3.43. The normalized spacial score (nSPS) is 36.4. The Hall–Kier alpha value is -1.18. The Labute approximate surface area is 165 Å². The van der Waals surface area contributed by atoms with E-state index in [2.05, 4.69) is 5.32 Å². The number of hydrogen-bond acceptors (Lipinski definition) is 5. The smallest absolute Gasteiger partial charge is 0.235 e. The van der Waals surface area contributed by atoms with Crippen molar-refractivity contribution in [1.29, 1.82) is 0 Å². The van der Waals surface area contributed by atoms with Crippen molar-refractivity contribution < 1.29 is 19.1 Å². The van der Waals surface area contributed by atoms with Gasteiger partial charge in [0.2, 0.25) is 17.7 Å². The number of amides is 3. The summed E-state index contributed by atoms with van der Waals surface area (Å²) in [4.78, 5) is 41.1. The molecule has 0 radical (unpaired) electrons. The van der Waals surface area contributed by atoms with Crippen LogP contribution in [0.15, 0.2) is 0 Å². The maximum atomic E-state index is 12.6. The van der Waals surface area contributed by atoms with E-state index >= 15 is 0 Å². The van der Waals surface area contributed by atoms with Gasteiger partial charge in [0, 0.05) is 32.6 Å². The molecule has 0 aromatic carbocycles. The molecule has 5 heterocycles. The Morgan fingerprint density at radius 2 is 1.70 bits per heavy atom. The average Bonchev–Trinajstić information content (AvgIpc) is 3.40. The maximum Gasteiger partial charge on any atom is 0.235 e. The third kappa shape index (κ3) is 2.98. The number of ether oxygens (including phenoxy) is 1. The number of piperidine rings is 1. The molecule has 5 aliphatic heterocycles. The first-order valence-electron chi connectivity index (χ1n) is 10.1. The lowest BCUT2D eigenvalue weighted by molar-refractivity contribution is -0.143. The van der Waals surface area contributed by atoms with Gasteiger partial charge in [0.25, 0.3) is 0 Å². The van der Waals surface area contributed by atoms with Gasteiger partial charge in [-0.05, 0) is 44.1 Å². The summed E-state index contributed by atoms with van der Waals surface area (Å²) in [6.45, 7) is 3.98. The molecule has 2 bridgehead atoms. The Morgan fingerprint density at radius 1 is 1.07 bits per heavy atom. The van der Waals surface area contributed by atoms with Crippen molar-refractivity contribution in [3.63, 3.8) is 0 Å². The maximum absolute atomic E-state index is 12.6. The van der Waals surface area contributed by atoms with E-state index in [4.69, 9.17) is 4.74 Å². The van der Waals surface area contributed by atoms with E-state index in [9.17, 15) is 14.4 Å². The third-order valence-electron chi connectivity index (χ3n) is 7.43. The van der Waals surface area contributed by atoms with Gasteiger partial charge in [-0.2, -0.15) is 0 Å². The molecule has 150 valence electrons. The highest BCUT2D eigenvalue weighted by atomic mass is 35.5. The number of fused-ring (bicyclic) bond motifs is 5. The van der Waals surface area contributed by atoms with Crippen LogP contribution in [0.4, 0.5) is 0 Å². The Morgan fingerprint density at radius 3 is 2.26 bits per heavy atom. The lowest BCUT2D eigenvalue weighted by atomic mass is 9.78. The molecule has 1 spiro atoms. The number of rotatable bonds is 3. The number of halogens is 1. The van der Waals surface area contributed by atoms with E-state index in [1.165, 1.54) is 11.3 Å². The summed E-state index contributed by atoms with van der Waals surface area (Å²) in [5.41, 5.74) is 0.383. The van der Waals surface area contributed by atoms with Crippen LogP contribution in [-0.4, -0.2) is 72.5 Å². The predicted octanol–water partition coefficient (Wildman–Crippen LogP) is 0.563. The van der Waals surface area contributed by atoms with Gasteiger partial charge in [0.05, 0.1) is 24.0 Å². The second kappa shape index (κ2) is 7.01. The fraction of sp³-hybridized carbons (Fsp3) is 0.842. The van der Waals surface area contributed by atoms with Crippen molar-refractivity contribution in [1.82, 2.24) is 15.1 Å². The molecule has 0 aromatic heterocycles. The summed E-state index contributed by atoms with van der Waals surface area (Å²) >= 11 is 0. The van der Waals surface area contributed by atoms with E-state index in [1.54, 1.807) is 0 Å². The van der Waals surface area contributed by atoms with Crippen molar-refractivity contribution in [2.45, 2.75) is 50.7 Å². The molecule has 0 saturated carbocycles. The molecule has 5 aliphatic rings. The van der Waals surface area contributed by atoms with E-state index in [0.717, 1.165) is 51.9 Å². The topological polar surface area (TPSA) is 79.0 Å². The lowest BCUT2D eigenvalue weighted by Gasteiger charge is -2.39. The quantitative estimate of drug-likeness (QED) is 0.704. The second-order valence-electron chi connectivity index (χ2n) is 8.73. The molecule has 3 amide bonds. The van der Waals surface area contributed by atoms with Crippen LogP contribution in [0.5, 0.6) is 0 Å². The van der Waals surface area contributed by atoms with Crippen LogP contribution in [0, 0.1) is 17.3 Å². The number of carbonyl (C=O) groups excluding carboxylic acids is 3. The van der Waals surface area contributed by atoms with E-state index in [1.807, 2.05) is 4.90 Å². The van der Waals surface area contributed by atoms with E-state index < -0.39 is 0 Å². The first-order valence-corrected chi connectivity index (χ1v) is 10.1. The first-order chi connectivity index (χ1) is 12.6. The van der Waals surface area contributed by atoms with Crippen LogP contribution in [0.1, 0.15) is 38.5 Å². The minimum Gasteiger partial charge on any atom is -0.373 e. The Bertz CT molecular complexity index is 613. The van der Waals surface area contributed by atoms with Crippen LogP contribution in [0.2, 0.25) is 0 Å². The van der Waals surface area contributed by atoms with Crippen LogP contribution in [-0.2, 0) is 19.1 Å². The zero-order chi connectivity index (χ0) is 17.9. The van der Waals surface area contributed by atoms with E-state index in [0.29, 0.717) is 5.41 Å². The van der Waals surface area contributed by atoms with Gasteiger partial charge in [-0.25, -0.2) is 0 Å². The number of carbonyl (C=O) groups is 3. The SMILES string of the molecule is Cl.O=C(CCN1C(=O)C2C3CCC(O3)C2C1=O)N1CCC2(CCNC2)CC1. The number of likely N-dealkylation sites (tertiary alicyclic amines) is 2. The number of nitrogens with zero attached hydrogens (tertiary/aromatic N) is 2. The van der Waals surface area contributed by atoms with Crippen molar-refractivity contribution in [2.75, 3.05) is 32.7 Å². The molecule has 5 saturated heterocycles. The lowest BCUT2D eigenvalue weighted by Crippen LogP contribution is -2.45. The van der Waals surface area contributed by atoms with Gasteiger partial charge >= 0.3 is 0 Å². The molecule has 8 heteroatoms. The highest BCUT2D eigenvalue weighted by Crippen LogP contribution is 2.48. The van der Waals surface area contributed by atoms with Crippen LogP contribution >= 0.6 is 12.4 Å². The summed E-state index contributed by atoms with van der Waals surface area (Å²) in [7, 11) is 0. The molecule has 5 fully saturated rings. The fourth-order valence-electron chi connectivity index (χ4n) is 5.81. The van der Waals surface area contributed by atoms with Crippen LogP contribution in [0.25, 0.3) is 0 Å². The first kappa shape index (κ1) is 19.2. The number of imide groups is 1. The molecule has 0 aliphatic carbocycles. The van der Waals surface area contributed by atoms with Crippen molar-refractivity contribution in [3.8, 4) is 0 Å². The molecule has 4 atom stereocenters. The second-order valence-corrected chi connectivity index (χ2v) is 8.73. The van der Waals surface area contributed by atoms with Gasteiger partial charge in [-0.15, -0.1) is 12.4 Å². The molecular weight excluding hydrogens is 370 g/mol. The van der Waals surface area contributed by atoms with Gasteiger partial charge in [-0.1, -0.05) is 0 Å². The molecule has 0 aromatic rings. The van der Waals surface area contributed by atoms with E-state index in [-0.39, 0.29) is 67.1 Å². The zero-order valence-electron chi connectivity index (χ0n) is 15.5. The largest absolute Gasteiger partial charge is 0.373 e. The molecular formula is C19H28ClN3O4. The summed E-state index contributed by atoms with van der Waals surface area (Å²) in [5.74, 6) is -0.742. The van der Waals surface area contributed by atoms with Gasteiger partial charge in [0.15, 0.2) is 0 Å². The summed E-state index contributed by atoms with van der Waals surface area (Å²) < 4.78 is 5.75. The van der Waals surface area contributed by atoms with Crippen molar-refractivity contribution in [3.05, 3.63) is 0 Å². The van der Waals surface area contributed by atoms with Gasteiger partial charge in [0.1, 0.15) is 0 Å². The highest BCUT2D eigenvalue weighted by molar-refractivity contribution is 6.06. The third-order valence-corrected chi connectivity index (χ3v) is 7.43. The predicted molar refractivity (Wildman–Crippen MR) is 99.2 cm³/mol. The molecule has 7 nitrogen and oxygen atoms in total. The minimum absolute atomic E-state index is 0. The van der Waals surface area contributed by atoms with Gasteiger partial charge < -0.3 is 15.0 Å². The highest BCUT2D eigenvalue weighted by Gasteiger charge is 2.62. The van der Waals surface area contributed by atoms with Crippen LogP contribution in [0.3, 0.4) is 0 Å². The summed E-state index contributed by atoms with van der Waals surface area (Å²) in [6.07, 6.45) is 5.15. The molecule has 27 heavy (non-hydrogen) atoms. The number of nitrogens with one attached hydrogen (secondary N) is 1. The van der Waals surface area contributed by atoms with Gasteiger partial charge in [-0.3, -0.25) is 19.3 Å². The molecule has 1 N–H and O–H groups in total. The fourth-order valence-corrected chi connectivity index (χ4v) is 5.81.